The molecule has 0 bridgehead atoms. The summed E-state index contributed by atoms with van der Waals surface area (Å²) in [7, 11) is 0. The molecule has 2 rings (SSSR count). The Hall–Kier alpha value is -1.94. The molecule has 4 heteroatoms. The molecule has 0 unspecified atom stereocenters. The molecular formula is C24H35N3S. The number of nitrogens with one attached hydrogen (secondary N) is 2. The van der Waals surface area contributed by atoms with Gasteiger partial charge in [0.1, 0.15) is 0 Å². The van der Waals surface area contributed by atoms with Crippen LogP contribution in [-0.2, 0) is 0 Å². The molecule has 0 aromatic heterocycles. The van der Waals surface area contributed by atoms with Crippen molar-refractivity contribution in [3.63, 3.8) is 0 Å². The van der Waals surface area contributed by atoms with Crippen LogP contribution in [0.3, 0.4) is 0 Å². The Kier molecular flexibility index (Phi) is 11.3. The fourth-order valence-electron chi connectivity index (χ4n) is 3.38. The van der Waals surface area contributed by atoms with Gasteiger partial charge in [0.05, 0.1) is 6.21 Å². The normalized spacial score (nSPS) is 11.2. The zero-order valence-corrected chi connectivity index (χ0v) is 18.1. The van der Waals surface area contributed by atoms with E-state index in [2.05, 4.69) is 47.0 Å². The van der Waals surface area contributed by atoms with Crippen LogP contribution in [0.5, 0.6) is 0 Å². The van der Waals surface area contributed by atoms with Crippen molar-refractivity contribution >= 4 is 34.3 Å². The highest BCUT2D eigenvalue weighted by Crippen LogP contribution is 2.16. The Morgan fingerprint density at radius 1 is 0.857 bits per heavy atom. The van der Waals surface area contributed by atoms with E-state index in [0.29, 0.717) is 5.11 Å². The highest BCUT2D eigenvalue weighted by atomic mass is 32.1. The second-order valence-corrected chi connectivity index (χ2v) is 7.78. The number of hydrogen-bond donors (Lipinski definition) is 2. The topological polar surface area (TPSA) is 36.4 Å². The largest absolute Gasteiger partial charge is 0.361 e. The summed E-state index contributed by atoms with van der Waals surface area (Å²) >= 11 is 5.30. The third kappa shape index (κ3) is 8.83. The number of unbranched alkanes of at least 4 members (excludes halogenated alkanes) is 9. The van der Waals surface area contributed by atoms with Crippen molar-refractivity contribution < 1.29 is 0 Å². The van der Waals surface area contributed by atoms with E-state index in [0.717, 1.165) is 18.5 Å². The Bertz CT molecular complexity index is 721. The predicted octanol–water partition coefficient (Wildman–Crippen LogP) is 6.56. The van der Waals surface area contributed by atoms with Crippen LogP contribution in [0, 0.1) is 0 Å². The van der Waals surface area contributed by atoms with Crippen LogP contribution < -0.4 is 10.7 Å². The van der Waals surface area contributed by atoms with Crippen LogP contribution in [0.2, 0.25) is 0 Å². The van der Waals surface area contributed by atoms with E-state index in [1.54, 1.807) is 0 Å². The maximum absolute atomic E-state index is 5.30. The monoisotopic (exact) mass is 397 g/mol. The molecule has 152 valence electrons. The van der Waals surface area contributed by atoms with Gasteiger partial charge in [-0.3, -0.25) is 5.43 Å². The van der Waals surface area contributed by atoms with Crippen molar-refractivity contribution in [2.45, 2.75) is 71.1 Å². The van der Waals surface area contributed by atoms with Gasteiger partial charge in [0.25, 0.3) is 0 Å². The number of benzene rings is 2. The molecule has 2 aromatic carbocycles. The van der Waals surface area contributed by atoms with Crippen LogP contribution in [0.4, 0.5) is 0 Å². The van der Waals surface area contributed by atoms with Crippen molar-refractivity contribution in [3.05, 3.63) is 48.0 Å². The van der Waals surface area contributed by atoms with Gasteiger partial charge in [-0.2, -0.15) is 5.10 Å². The van der Waals surface area contributed by atoms with E-state index < -0.39 is 0 Å². The summed E-state index contributed by atoms with van der Waals surface area (Å²) in [4.78, 5) is 0. The maximum atomic E-state index is 5.30. The van der Waals surface area contributed by atoms with Gasteiger partial charge in [-0.25, -0.2) is 0 Å². The molecule has 0 fully saturated rings. The molecule has 0 heterocycles. The van der Waals surface area contributed by atoms with E-state index in [9.17, 15) is 0 Å². The molecule has 0 aliphatic rings. The fraction of sp³-hybridized carbons (Fsp3) is 0.500. The third-order valence-corrected chi connectivity index (χ3v) is 5.24. The number of rotatable bonds is 13. The number of thiocarbonyl (C=S) groups is 1. The molecule has 0 spiro atoms. The Labute approximate surface area is 176 Å². The van der Waals surface area contributed by atoms with Crippen LogP contribution in [0.1, 0.15) is 76.7 Å². The summed E-state index contributed by atoms with van der Waals surface area (Å²) in [6.45, 7) is 3.18. The van der Waals surface area contributed by atoms with E-state index >= 15 is 0 Å². The van der Waals surface area contributed by atoms with E-state index in [-0.39, 0.29) is 0 Å². The first kappa shape index (κ1) is 22.4. The first-order valence-electron chi connectivity index (χ1n) is 10.9. The lowest BCUT2D eigenvalue weighted by atomic mass is 10.1. The van der Waals surface area contributed by atoms with Gasteiger partial charge < -0.3 is 5.32 Å². The maximum Gasteiger partial charge on any atom is 0.186 e. The summed E-state index contributed by atoms with van der Waals surface area (Å²) in [5.41, 5.74) is 4.01. The predicted molar refractivity (Wildman–Crippen MR) is 127 cm³/mol. The van der Waals surface area contributed by atoms with Crippen LogP contribution >= 0.6 is 12.2 Å². The van der Waals surface area contributed by atoms with Crippen molar-refractivity contribution in [1.29, 1.82) is 0 Å². The number of hydrazone groups is 1. The van der Waals surface area contributed by atoms with Gasteiger partial charge in [-0.15, -0.1) is 0 Å². The molecule has 2 N–H and O–H groups in total. The first-order chi connectivity index (χ1) is 13.8. The minimum atomic E-state index is 0.590. The summed E-state index contributed by atoms with van der Waals surface area (Å²) in [5.74, 6) is 0. The third-order valence-electron chi connectivity index (χ3n) is 5.01. The van der Waals surface area contributed by atoms with Gasteiger partial charge in [-0.1, -0.05) is 107 Å². The molecule has 0 aliphatic carbocycles. The zero-order valence-electron chi connectivity index (χ0n) is 17.3. The van der Waals surface area contributed by atoms with Crippen molar-refractivity contribution in [3.8, 4) is 0 Å². The summed E-state index contributed by atoms with van der Waals surface area (Å²) in [6, 6.07) is 14.5. The molecule has 0 saturated carbocycles. The summed E-state index contributed by atoms with van der Waals surface area (Å²) in [5, 5.41) is 10.5. The molecule has 0 aliphatic heterocycles. The van der Waals surface area contributed by atoms with Gasteiger partial charge in [-0.05, 0) is 29.4 Å². The molecule has 0 amide bonds. The van der Waals surface area contributed by atoms with Crippen molar-refractivity contribution in [1.82, 2.24) is 10.7 Å². The Morgan fingerprint density at radius 2 is 1.50 bits per heavy atom. The molecule has 3 nitrogen and oxygen atoms in total. The standard InChI is InChI=1S/C24H35N3S/c1-2-3-4-5-6-7-8-9-10-13-19-25-24(28)27-26-20-22-17-14-16-21-15-11-12-18-23(21)22/h11-12,14-18,20H,2-10,13,19H2,1H3,(H2,25,27,28)/b26-20-. The number of nitrogens with zero attached hydrogens (tertiary/aromatic N) is 1. The molecule has 0 atom stereocenters. The van der Waals surface area contributed by atoms with Gasteiger partial charge in [0.2, 0.25) is 0 Å². The quantitative estimate of drug-likeness (QED) is 0.174. The van der Waals surface area contributed by atoms with Crippen molar-refractivity contribution in [2.24, 2.45) is 5.10 Å². The molecule has 0 saturated heterocycles. The second-order valence-electron chi connectivity index (χ2n) is 7.38. The van der Waals surface area contributed by atoms with Crippen LogP contribution in [0.15, 0.2) is 47.6 Å². The summed E-state index contributed by atoms with van der Waals surface area (Å²) < 4.78 is 0. The average molecular weight is 398 g/mol. The lowest BCUT2D eigenvalue weighted by Crippen LogP contribution is -2.32. The number of fused-ring (bicyclic) bond motifs is 1. The average Bonchev–Trinajstić information content (AvgIpc) is 2.72. The highest BCUT2D eigenvalue weighted by Gasteiger charge is 1.98. The lowest BCUT2D eigenvalue weighted by Gasteiger charge is -2.07. The van der Waals surface area contributed by atoms with Gasteiger partial charge >= 0.3 is 0 Å². The van der Waals surface area contributed by atoms with E-state index in [1.807, 2.05) is 24.4 Å². The highest BCUT2D eigenvalue weighted by molar-refractivity contribution is 7.80. The SMILES string of the molecule is CCCCCCCCCCCCNC(=S)N/N=C\c1cccc2ccccc12. The molecule has 0 radical (unpaired) electrons. The lowest BCUT2D eigenvalue weighted by molar-refractivity contribution is 0.554. The minimum absolute atomic E-state index is 0.590. The van der Waals surface area contributed by atoms with Gasteiger partial charge in [0.15, 0.2) is 5.11 Å². The summed E-state index contributed by atoms with van der Waals surface area (Å²) in [6.07, 6.45) is 15.3. The van der Waals surface area contributed by atoms with E-state index in [4.69, 9.17) is 12.2 Å². The fourth-order valence-corrected chi connectivity index (χ4v) is 3.53. The zero-order chi connectivity index (χ0) is 19.9. The van der Waals surface area contributed by atoms with Crippen LogP contribution in [0.25, 0.3) is 10.8 Å². The van der Waals surface area contributed by atoms with Crippen LogP contribution in [-0.4, -0.2) is 17.9 Å². The minimum Gasteiger partial charge on any atom is -0.361 e. The Morgan fingerprint density at radius 3 is 2.25 bits per heavy atom. The Balaban J connectivity index is 1.53. The molecular weight excluding hydrogens is 362 g/mol. The molecule has 2 aromatic rings. The first-order valence-corrected chi connectivity index (χ1v) is 11.3. The second kappa shape index (κ2) is 14.1. The van der Waals surface area contributed by atoms with Crippen molar-refractivity contribution in [2.75, 3.05) is 6.54 Å². The van der Waals surface area contributed by atoms with Gasteiger partial charge in [0, 0.05) is 12.1 Å². The number of hydrogen-bond acceptors (Lipinski definition) is 2. The smallest absolute Gasteiger partial charge is 0.186 e. The molecule has 28 heavy (non-hydrogen) atoms. The van der Waals surface area contributed by atoms with E-state index in [1.165, 1.54) is 68.6 Å².